The lowest BCUT2D eigenvalue weighted by atomic mass is 10.4. The highest BCUT2D eigenvalue weighted by Gasteiger charge is 2.03. The van der Waals surface area contributed by atoms with Crippen LogP contribution in [0.1, 0.15) is 5.69 Å². The lowest BCUT2D eigenvalue weighted by Crippen LogP contribution is -2.09. The summed E-state index contributed by atoms with van der Waals surface area (Å²) < 4.78 is 5.99. The zero-order valence-electron chi connectivity index (χ0n) is 6.83. The summed E-state index contributed by atoms with van der Waals surface area (Å²) in [6.07, 6.45) is 1.59. The van der Waals surface area contributed by atoms with Crippen LogP contribution in [0.3, 0.4) is 0 Å². The molecule has 2 N–H and O–H groups in total. The quantitative estimate of drug-likeness (QED) is 0.660. The summed E-state index contributed by atoms with van der Waals surface area (Å²) in [7, 11) is 0. The molecule has 0 unspecified atom stereocenters. The molecular weight excluding hydrogens is 257 g/mol. The Morgan fingerprint density at radius 1 is 1.62 bits per heavy atom. The van der Waals surface area contributed by atoms with Gasteiger partial charge in [0.15, 0.2) is 0 Å². The molecule has 0 saturated heterocycles. The van der Waals surface area contributed by atoms with E-state index < -0.39 is 0 Å². The van der Waals surface area contributed by atoms with Gasteiger partial charge in [-0.15, -0.1) is 0 Å². The molecule has 0 aromatic carbocycles. The topological polar surface area (TPSA) is 61.0 Å². The summed E-state index contributed by atoms with van der Waals surface area (Å²) in [4.78, 5) is 7.78. The molecule has 0 saturated carbocycles. The first-order valence-electron chi connectivity index (χ1n) is 3.68. The number of hydrogen-bond donors (Lipinski definition) is 1. The van der Waals surface area contributed by atoms with E-state index in [0.717, 1.165) is 10.2 Å². The van der Waals surface area contributed by atoms with Crippen molar-refractivity contribution in [1.29, 1.82) is 0 Å². The fraction of sp³-hybridized carbons (Fsp3) is 0.429. The van der Waals surface area contributed by atoms with Gasteiger partial charge in [-0.2, -0.15) is 0 Å². The van der Waals surface area contributed by atoms with Gasteiger partial charge in [-0.05, 0) is 27.5 Å². The summed E-state index contributed by atoms with van der Waals surface area (Å²) >= 11 is 8.89. The Morgan fingerprint density at radius 2 is 2.38 bits per heavy atom. The molecule has 0 fully saturated rings. The molecular formula is C7H9BrClN3O. The van der Waals surface area contributed by atoms with E-state index in [4.69, 9.17) is 22.1 Å². The average molecular weight is 267 g/mol. The number of rotatable bonds is 4. The Hall–Kier alpha value is -0.230. The molecule has 1 aromatic heterocycles. The molecule has 0 aliphatic carbocycles. The second kappa shape index (κ2) is 5.49. The minimum Gasteiger partial charge on any atom is -0.374 e. The fourth-order valence-corrected chi connectivity index (χ4v) is 1.19. The maximum atomic E-state index is 5.61. The highest BCUT2D eigenvalue weighted by molar-refractivity contribution is 9.10. The molecule has 0 amide bonds. The standard InChI is InChI=1S/C7H9BrClN3O/c8-5-3-11-7(9)12-6(5)4-13-2-1-10/h3H,1-2,4,10H2. The zero-order valence-corrected chi connectivity index (χ0v) is 9.18. The number of aromatic nitrogens is 2. The van der Waals surface area contributed by atoms with Gasteiger partial charge in [-0.3, -0.25) is 0 Å². The minimum atomic E-state index is 0.217. The van der Waals surface area contributed by atoms with Crippen LogP contribution in [0.4, 0.5) is 0 Å². The Labute approximate surface area is 89.6 Å². The van der Waals surface area contributed by atoms with E-state index in [1.807, 2.05) is 0 Å². The van der Waals surface area contributed by atoms with Crippen LogP contribution >= 0.6 is 27.5 Å². The highest BCUT2D eigenvalue weighted by atomic mass is 79.9. The van der Waals surface area contributed by atoms with Gasteiger partial charge in [0.25, 0.3) is 0 Å². The van der Waals surface area contributed by atoms with E-state index in [1.54, 1.807) is 6.20 Å². The Kier molecular flexibility index (Phi) is 4.58. The van der Waals surface area contributed by atoms with Gasteiger partial charge in [0.1, 0.15) is 0 Å². The Morgan fingerprint density at radius 3 is 3.08 bits per heavy atom. The monoisotopic (exact) mass is 265 g/mol. The van der Waals surface area contributed by atoms with Gasteiger partial charge >= 0.3 is 0 Å². The van der Waals surface area contributed by atoms with Crippen molar-refractivity contribution in [3.8, 4) is 0 Å². The first-order chi connectivity index (χ1) is 6.24. The van der Waals surface area contributed by atoms with Crippen LogP contribution in [0, 0.1) is 0 Å². The minimum absolute atomic E-state index is 0.217. The molecule has 1 aromatic rings. The molecule has 1 heterocycles. The predicted octanol–water partition coefficient (Wildman–Crippen LogP) is 1.37. The van der Waals surface area contributed by atoms with Crippen LogP contribution in [-0.2, 0) is 11.3 Å². The van der Waals surface area contributed by atoms with Gasteiger partial charge in [0.2, 0.25) is 5.28 Å². The van der Waals surface area contributed by atoms with Crippen LogP contribution in [0.15, 0.2) is 10.7 Å². The summed E-state index contributed by atoms with van der Waals surface area (Å²) in [6.45, 7) is 1.39. The molecule has 6 heteroatoms. The molecule has 1 rings (SSSR count). The van der Waals surface area contributed by atoms with E-state index in [2.05, 4.69) is 25.9 Å². The number of ether oxygens (including phenoxy) is 1. The molecule has 0 bridgehead atoms. The molecule has 0 radical (unpaired) electrons. The normalized spacial score (nSPS) is 10.4. The van der Waals surface area contributed by atoms with Gasteiger partial charge < -0.3 is 10.5 Å². The van der Waals surface area contributed by atoms with Crippen LogP contribution in [0.5, 0.6) is 0 Å². The SMILES string of the molecule is NCCOCc1nc(Cl)ncc1Br. The summed E-state index contributed by atoms with van der Waals surface area (Å²) in [5.41, 5.74) is 6.00. The van der Waals surface area contributed by atoms with Gasteiger partial charge in [0.05, 0.1) is 23.4 Å². The smallest absolute Gasteiger partial charge is 0.222 e. The largest absolute Gasteiger partial charge is 0.374 e. The van der Waals surface area contributed by atoms with Crippen molar-refractivity contribution in [2.45, 2.75) is 6.61 Å². The molecule has 0 spiro atoms. The van der Waals surface area contributed by atoms with Crippen molar-refractivity contribution in [3.05, 3.63) is 21.6 Å². The van der Waals surface area contributed by atoms with Crippen molar-refractivity contribution < 1.29 is 4.74 Å². The number of halogens is 2. The second-order valence-corrected chi connectivity index (χ2v) is 3.47. The summed E-state index contributed by atoms with van der Waals surface area (Å²) in [5, 5.41) is 0.217. The first kappa shape index (κ1) is 10.8. The predicted molar refractivity (Wildman–Crippen MR) is 53.5 cm³/mol. The third kappa shape index (κ3) is 3.56. The van der Waals surface area contributed by atoms with Crippen molar-refractivity contribution in [2.75, 3.05) is 13.2 Å². The van der Waals surface area contributed by atoms with Crippen molar-refractivity contribution in [2.24, 2.45) is 5.73 Å². The van der Waals surface area contributed by atoms with E-state index >= 15 is 0 Å². The van der Waals surface area contributed by atoms with Crippen molar-refractivity contribution in [1.82, 2.24) is 9.97 Å². The molecule has 72 valence electrons. The fourth-order valence-electron chi connectivity index (χ4n) is 0.731. The molecule has 0 aliphatic rings. The maximum absolute atomic E-state index is 5.61. The third-order valence-corrected chi connectivity index (χ3v) is 2.13. The number of nitrogens with two attached hydrogens (primary N) is 1. The zero-order chi connectivity index (χ0) is 9.68. The van der Waals surface area contributed by atoms with Gasteiger partial charge in [0, 0.05) is 12.7 Å². The van der Waals surface area contributed by atoms with E-state index in [1.165, 1.54) is 0 Å². The molecule has 13 heavy (non-hydrogen) atoms. The van der Waals surface area contributed by atoms with Crippen LogP contribution in [-0.4, -0.2) is 23.1 Å². The van der Waals surface area contributed by atoms with Crippen LogP contribution in [0.25, 0.3) is 0 Å². The Balaban J connectivity index is 2.59. The average Bonchev–Trinajstić information content (AvgIpc) is 2.11. The Bertz CT molecular complexity index is 284. The van der Waals surface area contributed by atoms with Crippen molar-refractivity contribution >= 4 is 27.5 Å². The summed E-state index contributed by atoms with van der Waals surface area (Å²) in [5.74, 6) is 0. The first-order valence-corrected chi connectivity index (χ1v) is 4.86. The third-order valence-electron chi connectivity index (χ3n) is 1.29. The van der Waals surface area contributed by atoms with E-state index in [9.17, 15) is 0 Å². The maximum Gasteiger partial charge on any atom is 0.222 e. The summed E-state index contributed by atoms with van der Waals surface area (Å²) in [6, 6.07) is 0. The lowest BCUT2D eigenvalue weighted by Gasteiger charge is -2.03. The van der Waals surface area contributed by atoms with Gasteiger partial charge in [-0.25, -0.2) is 9.97 Å². The number of hydrogen-bond acceptors (Lipinski definition) is 4. The number of nitrogens with zero attached hydrogens (tertiary/aromatic N) is 2. The molecule has 0 aliphatic heterocycles. The molecule has 4 nitrogen and oxygen atoms in total. The lowest BCUT2D eigenvalue weighted by molar-refractivity contribution is 0.125. The van der Waals surface area contributed by atoms with E-state index in [-0.39, 0.29) is 5.28 Å². The van der Waals surface area contributed by atoms with E-state index in [0.29, 0.717) is 19.8 Å². The van der Waals surface area contributed by atoms with Crippen LogP contribution in [0.2, 0.25) is 5.28 Å². The van der Waals surface area contributed by atoms with Crippen molar-refractivity contribution in [3.63, 3.8) is 0 Å². The highest BCUT2D eigenvalue weighted by Crippen LogP contribution is 2.15. The molecule has 0 atom stereocenters. The van der Waals surface area contributed by atoms with Gasteiger partial charge in [-0.1, -0.05) is 0 Å². The second-order valence-electron chi connectivity index (χ2n) is 2.27. The van der Waals surface area contributed by atoms with Crippen LogP contribution < -0.4 is 5.73 Å².